The van der Waals surface area contributed by atoms with E-state index in [1.807, 2.05) is 0 Å². The van der Waals surface area contributed by atoms with Gasteiger partial charge in [0.2, 0.25) is 0 Å². The normalized spacial score (nSPS) is 12.7. The average molecular weight is 403 g/mol. The van der Waals surface area contributed by atoms with Crippen molar-refractivity contribution in [2.24, 2.45) is 0 Å². The molecular formula is C15H17Br2NS. The highest BCUT2D eigenvalue weighted by atomic mass is 79.9. The zero-order chi connectivity index (χ0) is 14.0. The Morgan fingerprint density at radius 3 is 2.58 bits per heavy atom. The second-order valence-corrected chi connectivity index (χ2v) is 8.11. The lowest BCUT2D eigenvalue weighted by Gasteiger charge is -2.16. The summed E-state index contributed by atoms with van der Waals surface area (Å²) in [6.45, 7) is 7.43. The molecule has 1 aromatic carbocycles. The molecular weight excluding hydrogens is 386 g/mol. The molecule has 1 unspecified atom stereocenters. The summed E-state index contributed by atoms with van der Waals surface area (Å²) in [6, 6.07) is 9.16. The lowest BCUT2D eigenvalue weighted by Crippen LogP contribution is -2.18. The van der Waals surface area contributed by atoms with E-state index in [-0.39, 0.29) is 0 Å². The summed E-state index contributed by atoms with van der Waals surface area (Å²) in [4.78, 5) is 1.33. The third kappa shape index (κ3) is 3.91. The van der Waals surface area contributed by atoms with Gasteiger partial charge in [0, 0.05) is 21.9 Å². The number of hydrogen-bond acceptors (Lipinski definition) is 2. The monoisotopic (exact) mass is 401 g/mol. The number of aryl methyl sites for hydroxylation is 2. The number of nitrogens with one attached hydrogen (secondary N) is 1. The van der Waals surface area contributed by atoms with E-state index in [9.17, 15) is 0 Å². The van der Waals surface area contributed by atoms with Crippen LogP contribution in [0.2, 0.25) is 0 Å². The van der Waals surface area contributed by atoms with Crippen LogP contribution in [0, 0.1) is 13.8 Å². The van der Waals surface area contributed by atoms with E-state index in [0.717, 1.165) is 14.8 Å². The van der Waals surface area contributed by atoms with Crippen LogP contribution in [0.25, 0.3) is 0 Å². The topological polar surface area (TPSA) is 12.0 Å². The molecule has 0 radical (unpaired) electrons. The maximum atomic E-state index is 3.59. The van der Waals surface area contributed by atoms with Gasteiger partial charge in [-0.1, -0.05) is 23.8 Å². The zero-order valence-corrected chi connectivity index (χ0v) is 15.2. The molecule has 0 spiro atoms. The predicted octanol–water partition coefficient (Wildman–Crippen LogP) is 5.74. The Kier molecular flexibility index (Phi) is 5.23. The molecule has 0 saturated carbocycles. The molecule has 4 heteroatoms. The fraction of sp³-hybridized carbons (Fsp3) is 0.333. The number of halogens is 2. The highest BCUT2D eigenvalue weighted by Crippen LogP contribution is 2.32. The van der Waals surface area contributed by atoms with E-state index < -0.39 is 0 Å². The average Bonchev–Trinajstić information content (AvgIpc) is 2.69. The van der Waals surface area contributed by atoms with Crippen LogP contribution in [0.4, 0.5) is 0 Å². The highest BCUT2D eigenvalue weighted by Gasteiger charge is 2.10. The molecule has 0 aliphatic heterocycles. The first-order chi connectivity index (χ1) is 8.97. The van der Waals surface area contributed by atoms with Crippen molar-refractivity contribution < 1.29 is 0 Å². The molecule has 1 heterocycles. The van der Waals surface area contributed by atoms with E-state index in [1.54, 1.807) is 11.3 Å². The minimum Gasteiger partial charge on any atom is -0.305 e. The van der Waals surface area contributed by atoms with Gasteiger partial charge in [-0.2, -0.15) is 0 Å². The number of thiophene rings is 1. The Morgan fingerprint density at radius 1 is 1.21 bits per heavy atom. The number of benzene rings is 1. The van der Waals surface area contributed by atoms with Crippen molar-refractivity contribution in [3.05, 3.63) is 54.1 Å². The van der Waals surface area contributed by atoms with Crippen LogP contribution in [0.3, 0.4) is 0 Å². The molecule has 0 saturated heterocycles. The molecule has 102 valence electrons. The summed E-state index contributed by atoms with van der Waals surface area (Å²) >= 11 is 8.82. The predicted molar refractivity (Wildman–Crippen MR) is 90.9 cm³/mol. The maximum absolute atomic E-state index is 3.59. The van der Waals surface area contributed by atoms with Crippen LogP contribution < -0.4 is 5.32 Å². The third-order valence-corrected chi connectivity index (χ3v) is 6.44. The largest absolute Gasteiger partial charge is 0.305 e. The van der Waals surface area contributed by atoms with E-state index >= 15 is 0 Å². The van der Waals surface area contributed by atoms with Gasteiger partial charge < -0.3 is 5.32 Å². The summed E-state index contributed by atoms with van der Waals surface area (Å²) in [5.41, 5.74) is 4.05. The first-order valence-corrected chi connectivity index (χ1v) is 8.62. The molecule has 1 aromatic heterocycles. The van der Waals surface area contributed by atoms with Gasteiger partial charge >= 0.3 is 0 Å². The Balaban J connectivity index is 2.04. The Labute approximate surface area is 135 Å². The highest BCUT2D eigenvalue weighted by molar-refractivity contribution is 9.13. The smallest absolute Gasteiger partial charge is 0.0843 e. The van der Waals surface area contributed by atoms with Crippen LogP contribution >= 0.6 is 43.2 Å². The summed E-state index contributed by atoms with van der Waals surface area (Å²) in [6.07, 6.45) is 0. The number of hydrogen-bond donors (Lipinski definition) is 1. The van der Waals surface area contributed by atoms with Crippen molar-refractivity contribution in [3.8, 4) is 0 Å². The minimum atomic E-state index is 0.361. The van der Waals surface area contributed by atoms with Crippen molar-refractivity contribution in [3.63, 3.8) is 0 Å². The van der Waals surface area contributed by atoms with Gasteiger partial charge in [-0.3, -0.25) is 0 Å². The van der Waals surface area contributed by atoms with Crippen molar-refractivity contribution >= 4 is 43.2 Å². The minimum absolute atomic E-state index is 0.361. The maximum Gasteiger partial charge on any atom is 0.0843 e. The fourth-order valence-electron chi connectivity index (χ4n) is 2.07. The first-order valence-electron chi connectivity index (χ1n) is 6.21. The molecule has 2 aromatic rings. The Morgan fingerprint density at radius 2 is 1.95 bits per heavy atom. The van der Waals surface area contributed by atoms with Crippen LogP contribution in [-0.4, -0.2) is 0 Å². The van der Waals surface area contributed by atoms with E-state index in [1.165, 1.54) is 21.6 Å². The van der Waals surface area contributed by atoms with Crippen molar-refractivity contribution in [2.75, 3.05) is 0 Å². The second kappa shape index (κ2) is 6.53. The lowest BCUT2D eigenvalue weighted by atomic mass is 10.00. The Hall–Kier alpha value is -0.160. The molecule has 0 aliphatic rings. The van der Waals surface area contributed by atoms with Crippen molar-refractivity contribution in [1.29, 1.82) is 0 Å². The fourth-order valence-corrected chi connectivity index (χ4v) is 4.20. The van der Waals surface area contributed by atoms with Gasteiger partial charge in [0.1, 0.15) is 0 Å². The van der Waals surface area contributed by atoms with E-state index in [2.05, 4.69) is 82.2 Å². The van der Waals surface area contributed by atoms with Crippen LogP contribution in [0.1, 0.15) is 34.5 Å². The van der Waals surface area contributed by atoms with E-state index in [4.69, 9.17) is 0 Å². The van der Waals surface area contributed by atoms with Crippen LogP contribution in [0.5, 0.6) is 0 Å². The van der Waals surface area contributed by atoms with Gasteiger partial charge in [-0.15, -0.1) is 11.3 Å². The van der Waals surface area contributed by atoms with Crippen LogP contribution in [-0.2, 0) is 6.54 Å². The van der Waals surface area contributed by atoms with Gasteiger partial charge in [-0.25, -0.2) is 0 Å². The first kappa shape index (κ1) is 15.2. The van der Waals surface area contributed by atoms with E-state index in [0.29, 0.717) is 6.04 Å². The molecule has 19 heavy (non-hydrogen) atoms. The molecule has 1 N–H and O–H groups in total. The zero-order valence-electron chi connectivity index (χ0n) is 11.3. The van der Waals surface area contributed by atoms with Gasteiger partial charge in [-0.05, 0) is 69.8 Å². The van der Waals surface area contributed by atoms with Gasteiger partial charge in [0.15, 0.2) is 0 Å². The molecule has 0 bridgehead atoms. The second-order valence-electron chi connectivity index (χ2n) is 4.80. The van der Waals surface area contributed by atoms with Crippen LogP contribution in [0.15, 0.2) is 32.5 Å². The quantitative estimate of drug-likeness (QED) is 0.687. The number of rotatable bonds is 4. The Bertz CT molecular complexity index is 558. The SMILES string of the molecule is Cc1ccc(C)c(C(C)NCc2cc(Br)c(Br)s2)c1. The summed E-state index contributed by atoms with van der Waals surface area (Å²) in [7, 11) is 0. The van der Waals surface area contributed by atoms with Gasteiger partial charge in [0.25, 0.3) is 0 Å². The van der Waals surface area contributed by atoms with Gasteiger partial charge in [0.05, 0.1) is 3.79 Å². The third-order valence-electron chi connectivity index (χ3n) is 3.18. The molecule has 1 nitrogen and oxygen atoms in total. The molecule has 0 aliphatic carbocycles. The molecule has 0 amide bonds. The summed E-state index contributed by atoms with van der Waals surface area (Å²) < 4.78 is 2.29. The lowest BCUT2D eigenvalue weighted by molar-refractivity contribution is 0.576. The molecule has 1 atom stereocenters. The molecule has 0 fully saturated rings. The summed E-state index contributed by atoms with van der Waals surface area (Å²) in [5.74, 6) is 0. The summed E-state index contributed by atoms with van der Waals surface area (Å²) in [5, 5.41) is 3.59. The van der Waals surface area contributed by atoms with Crippen molar-refractivity contribution in [1.82, 2.24) is 5.32 Å². The standard InChI is InChI=1S/C15H17Br2NS/c1-9-4-5-10(2)13(6-9)11(3)18-8-12-7-14(16)15(17)19-12/h4-7,11,18H,8H2,1-3H3. The van der Waals surface area contributed by atoms with Crippen molar-refractivity contribution in [2.45, 2.75) is 33.4 Å². The molecule has 2 rings (SSSR count).